The van der Waals surface area contributed by atoms with E-state index >= 15 is 0 Å². The molecule has 162 valence electrons. The lowest BCUT2D eigenvalue weighted by Gasteiger charge is -2.16. The molecule has 1 aliphatic rings. The molecule has 0 aliphatic heterocycles. The molecular weight excluding hydrogens is 438 g/mol. The van der Waals surface area contributed by atoms with E-state index in [0.717, 1.165) is 34.5 Å². The normalized spacial score (nSPS) is 13.1. The Balaban J connectivity index is 1.30. The molecule has 5 nitrogen and oxygen atoms in total. The minimum Gasteiger partial charge on any atom is -0.326 e. The summed E-state index contributed by atoms with van der Waals surface area (Å²) in [6, 6.07) is 16.0. The first-order chi connectivity index (χ1) is 15.7. The maximum atomic E-state index is 12.9. The summed E-state index contributed by atoms with van der Waals surface area (Å²) in [5.41, 5.74) is 5.53. The number of para-hydroxylation sites is 1. The third-order valence-corrected chi connectivity index (χ3v) is 7.45. The predicted molar refractivity (Wildman–Crippen MR) is 133 cm³/mol. The molecule has 0 spiro atoms. The number of carbonyl (C=O) groups excluding carboxylic acids is 1. The largest absolute Gasteiger partial charge is 0.326 e. The van der Waals surface area contributed by atoms with Crippen molar-refractivity contribution in [3.05, 3.63) is 75.4 Å². The zero-order valence-corrected chi connectivity index (χ0v) is 19.2. The molecule has 32 heavy (non-hydrogen) atoms. The van der Waals surface area contributed by atoms with Gasteiger partial charge in [0.05, 0.1) is 5.39 Å². The van der Waals surface area contributed by atoms with Gasteiger partial charge in [0.25, 0.3) is 5.56 Å². The number of thioether (sulfide) groups is 1. The van der Waals surface area contributed by atoms with Gasteiger partial charge in [0.15, 0.2) is 5.16 Å². The van der Waals surface area contributed by atoms with E-state index in [4.69, 9.17) is 0 Å². The monoisotopic (exact) mass is 461 g/mol. The summed E-state index contributed by atoms with van der Waals surface area (Å²) in [4.78, 5) is 33.3. The Labute approximate surface area is 194 Å². The van der Waals surface area contributed by atoms with Crippen LogP contribution >= 0.6 is 23.1 Å². The molecule has 4 aromatic rings. The number of nitrogens with zero attached hydrogens (tertiary/aromatic N) is 1. The minimum atomic E-state index is -0.125. The molecule has 2 aromatic heterocycles. The third kappa shape index (κ3) is 4.49. The van der Waals surface area contributed by atoms with Crippen LogP contribution in [-0.4, -0.2) is 21.6 Å². The van der Waals surface area contributed by atoms with E-state index in [1.165, 1.54) is 47.1 Å². The minimum absolute atomic E-state index is 0.0575. The first-order valence-electron chi connectivity index (χ1n) is 10.8. The number of nitrogens with one attached hydrogen (secondary N) is 2. The van der Waals surface area contributed by atoms with Crippen LogP contribution in [0.25, 0.3) is 21.3 Å². The fraction of sp³-hybridized carbons (Fsp3) is 0.240. The summed E-state index contributed by atoms with van der Waals surface area (Å²) >= 11 is 2.88. The van der Waals surface area contributed by atoms with Crippen LogP contribution in [0.1, 0.15) is 30.4 Å². The lowest BCUT2D eigenvalue weighted by molar-refractivity contribution is -0.115. The van der Waals surface area contributed by atoms with E-state index in [9.17, 15) is 9.59 Å². The fourth-order valence-corrected chi connectivity index (χ4v) is 5.90. The van der Waals surface area contributed by atoms with Crippen LogP contribution in [0.3, 0.4) is 0 Å². The Bertz CT molecular complexity index is 1330. The Morgan fingerprint density at radius 2 is 1.91 bits per heavy atom. The van der Waals surface area contributed by atoms with Gasteiger partial charge in [0.2, 0.25) is 5.91 Å². The van der Waals surface area contributed by atoms with Gasteiger partial charge in [-0.25, -0.2) is 4.98 Å². The van der Waals surface area contributed by atoms with E-state index in [0.29, 0.717) is 22.7 Å². The SMILES string of the molecule is O=C(CCSc1nc2scc(-c3ccc4c(c3)CCCC4)c2c(=O)[nH]1)Nc1ccccc1. The summed E-state index contributed by atoms with van der Waals surface area (Å²) < 4.78 is 0. The number of hydrogen-bond donors (Lipinski definition) is 2. The number of aryl methyl sites for hydroxylation is 2. The van der Waals surface area contributed by atoms with Gasteiger partial charge in [-0.1, -0.05) is 48.2 Å². The van der Waals surface area contributed by atoms with Crippen molar-refractivity contribution in [2.45, 2.75) is 37.3 Å². The first-order valence-corrected chi connectivity index (χ1v) is 12.7. The van der Waals surface area contributed by atoms with Crippen LogP contribution in [-0.2, 0) is 17.6 Å². The van der Waals surface area contributed by atoms with E-state index in [2.05, 4.69) is 33.5 Å². The highest BCUT2D eigenvalue weighted by Gasteiger charge is 2.16. The maximum Gasteiger partial charge on any atom is 0.260 e. The highest BCUT2D eigenvalue weighted by molar-refractivity contribution is 7.99. The van der Waals surface area contributed by atoms with Gasteiger partial charge in [-0.2, -0.15) is 0 Å². The topological polar surface area (TPSA) is 74.8 Å². The van der Waals surface area contributed by atoms with Crippen molar-refractivity contribution in [2.24, 2.45) is 0 Å². The number of H-pyrrole nitrogens is 1. The predicted octanol–water partition coefficient (Wildman–Crippen LogP) is 5.65. The molecular formula is C25H23N3O2S2. The molecule has 0 atom stereocenters. The Morgan fingerprint density at radius 1 is 1.09 bits per heavy atom. The summed E-state index contributed by atoms with van der Waals surface area (Å²) in [6.45, 7) is 0. The molecule has 0 bridgehead atoms. The zero-order valence-electron chi connectivity index (χ0n) is 17.5. The van der Waals surface area contributed by atoms with Crippen molar-refractivity contribution in [3.8, 4) is 11.1 Å². The second-order valence-electron chi connectivity index (χ2n) is 7.90. The number of thiophene rings is 1. The first kappa shape index (κ1) is 21.0. The molecule has 7 heteroatoms. The van der Waals surface area contributed by atoms with E-state index in [-0.39, 0.29) is 11.5 Å². The van der Waals surface area contributed by atoms with Gasteiger partial charge in [-0.05, 0) is 54.5 Å². The lowest BCUT2D eigenvalue weighted by atomic mass is 9.89. The summed E-state index contributed by atoms with van der Waals surface area (Å²) in [5, 5.41) is 6.10. The molecule has 0 saturated carbocycles. The van der Waals surface area contributed by atoms with Crippen LogP contribution in [0, 0.1) is 0 Å². The molecule has 0 saturated heterocycles. The molecule has 2 N–H and O–H groups in total. The second kappa shape index (κ2) is 9.30. The molecule has 0 unspecified atom stereocenters. The number of benzene rings is 2. The van der Waals surface area contributed by atoms with Crippen LogP contribution in [0.2, 0.25) is 0 Å². The number of aromatic amines is 1. The zero-order chi connectivity index (χ0) is 21.9. The Morgan fingerprint density at radius 3 is 2.75 bits per heavy atom. The highest BCUT2D eigenvalue weighted by Crippen LogP contribution is 2.34. The summed E-state index contributed by atoms with van der Waals surface area (Å²) in [7, 11) is 0. The van der Waals surface area contributed by atoms with Crippen molar-refractivity contribution >= 4 is 44.9 Å². The number of rotatable bonds is 6. The third-order valence-electron chi connectivity index (χ3n) is 5.71. The smallest absolute Gasteiger partial charge is 0.260 e. The van der Waals surface area contributed by atoms with Crippen LogP contribution < -0.4 is 10.9 Å². The van der Waals surface area contributed by atoms with Gasteiger partial charge in [0.1, 0.15) is 4.83 Å². The number of amides is 1. The van der Waals surface area contributed by atoms with Crippen LogP contribution in [0.15, 0.2) is 63.9 Å². The molecule has 5 rings (SSSR count). The lowest BCUT2D eigenvalue weighted by Crippen LogP contribution is -2.13. The Kier molecular flexibility index (Phi) is 6.10. The standard InChI is InChI=1S/C25H23N3O2S2/c29-21(26-19-8-2-1-3-9-19)12-13-31-25-27-23(30)22-20(15-32-24(22)28-25)18-11-10-16-6-4-5-7-17(16)14-18/h1-3,8-11,14-15H,4-7,12-13H2,(H,26,29)(H,27,28,30). The highest BCUT2D eigenvalue weighted by atomic mass is 32.2. The molecule has 1 aliphatic carbocycles. The summed E-state index contributed by atoms with van der Waals surface area (Å²) in [5.74, 6) is 0.480. The second-order valence-corrected chi connectivity index (χ2v) is 9.85. The van der Waals surface area contributed by atoms with Gasteiger partial charge >= 0.3 is 0 Å². The molecule has 2 aromatic carbocycles. The number of fused-ring (bicyclic) bond motifs is 2. The maximum absolute atomic E-state index is 12.9. The van der Waals surface area contributed by atoms with Gasteiger partial charge in [0, 0.05) is 28.8 Å². The van der Waals surface area contributed by atoms with Crippen molar-refractivity contribution < 1.29 is 4.79 Å². The Hall–Kier alpha value is -2.90. The van der Waals surface area contributed by atoms with Gasteiger partial charge < -0.3 is 10.3 Å². The number of carbonyl (C=O) groups is 1. The fourth-order valence-electron chi connectivity index (χ4n) is 4.10. The number of hydrogen-bond acceptors (Lipinski definition) is 5. The molecule has 2 heterocycles. The summed E-state index contributed by atoms with van der Waals surface area (Å²) in [6.07, 6.45) is 5.08. The number of aromatic nitrogens is 2. The van der Waals surface area contributed by atoms with Crippen molar-refractivity contribution in [3.63, 3.8) is 0 Å². The molecule has 0 radical (unpaired) electrons. The average Bonchev–Trinajstić information content (AvgIpc) is 3.24. The van der Waals surface area contributed by atoms with Crippen molar-refractivity contribution in [2.75, 3.05) is 11.1 Å². The molecule has 0 fully saturated rings. The molecule has 1 amide bonds. The van der Waals surface area contributed by atoms with Crippen LogP contribution in [0.4, 0.5) is 5.69 Å². The number of anilines is 1. The van der Waals surface area contributed by atoms with E-state index in [1.54, 1.807) is 0 Å². The van der Waals surface area contributed by atoms with Crippen LogP contribution in [0.5, 0.6) is 0 Å². The van der Waals surface area contributed by atoms with Gasteiger partial charge in [-0.15, -0.1) is 11.3 Å². The van der Waals surface area contributed by atoms with Crippen molar-refractivity contribution in [1.82, 2.24) is 9.97 Å². The van der Waals surface area contributed by atoms with E-state index in [1.807, 2.05) is 35.7 Å². The van der Waals surface area contributed by atoms with Crippen molar-refractivity contribution in [1.29, 1.82) is 0 Å². The van der Waals surface area contributed by atoms with E-state index < -0.39 is 0 Å². The van der Waals surface area contributed by atoms with Gasteiger partial charge in [-0.3, -0.25) is 9.59 Å². The quantitative estimate of drug-likeness (QED) is 0.287. The average molecular weight is 462 g/mol.